The van der Waals surface area contributed by atoms with Crippen molar-refractivity contribution in [1.29, 1.82) is 0 Å². The third kappa shape index (κ3) is 5.94. The quantitative estimate of drug-likeness (QED) is 0.737. The van der Waals surface area contributed by atoms with E-state index in [1.54, 1.807) is 12.5 Å². The van der Waals surface area contributed by atoms with E-state index in [2.05, 4.69) is 15.6 Å². The third-order valence-electron chi connectivity index (χ3n) is 5.05. The fourth-order valence-electron chi connectivity index (χ4n) is 3.55. The molecule has 144 valence electrons. The number of nitrogens with zero attached hydrogens (tertiary/aromatic N) is 2. The van der Waals surface area contributed by atoms with Gasteiger partial charge in [0.1, 0.15) is 0 Å². The van der Waals surface area contributed by atoms with Gasteiger partial charge in [0.15, 0.2) is 0 Å². The first-order valence-electron chi connectivity index (χ1n) is 9.84. The Bertz CT molecular complexity index is 734. The topological polar surface area (TPSA) is 76.0 Å². The third-order valence-corrected chi connectivity index (χ3v) is 5.05. The van der Waals surface area contributed by atoms with E-state index in [0.717, 1.165) is 24.1 Å². The minimum atomic E-state index is -0.105. The summed E-state index contributed by atoms with van der Waals surface area (Å²) in [4.78, 5) is 28.3. The lowest BCUT2D eigenvalue weighted by Gasteiger charge is -2.16. The number of carbonyl (C=O) groups is 2. The van der Waals surface area contributed by atoms with Crippen molar-refractivity contribution in [2.45, 2.75) is 64.0 Å². The summed E-state index contributed by atoms with van der Waals surface area (Å²) in [6, 6.07) is 8.16. The van der Waals surface area contributed by atoms with Gasteiger partial charge in [0.05, 0.1) is 12.0 Å². The molecule has 0 atom stereocenters. The molecule has 1 fully saturated rings. The molecule has 1 saturated carbocycles. The molecule has 0 aliphatic heterocycles. The highest BCUT2D eigenvalue weighted by molar-refractivity contribution is 5.83. The van der Waals surface area contributed by atoms with Gasteiger partial charge < -0.3 is 15.2 Å². The Kier molecular flexibility index (Phi) is 7.02. The van der Waals surface area contributed by atoms with E-state index in [9.17, 15) is 9.59 Å². The van der Waals surface area contributed by atoms with E-state index in [0.29, 0.717) is 6.54 Å². The summed E-state index contributed by atoms with van der Waals surface area (Å²) < 4.78 is 1.92. The van der Waals surface area contributed by atoms with Gasteiger partial charge in [-0.2, -0.15) is 0 Å². The predicted octanol–water partition coefficient (Wildman–Crippen LogP) is 3.11. The van der Waals surface area contributed by atoms with Crippen LogP contribution in [0.3, 0.4) is 0 Å². The first-order valence-corrected chi connectivity index (χ1v) is 9.84. The average Bonchev–Trinajstić information content (AvgIpc) is 3.10. The van der Waals surface area contributed by atoms with Crippen LogP contribution in [0, 0.1) is 0 Å². The molecule has 0 spiro atoms. The zero-order valence-electron chi connectivity index (χ0n) is 15.7. The van der Waals surface area contributed by atoms with Gasteiger partial charge in [0.2, 0.25) is 11.8 Å². The first-order chi connectivity index (χ1) is 13.2. The van der Waals surface area contributed by atoms with Gasteiger partial charge >= 0.3 is 0 Å². The molecule has 6 nitrogen and oxygen atoms in total. The van der Waals surface area contributed by atoms with Crippen LogP contribution in [-0.4, -0.2) is 27.4 Å². The SMILES string of the molecule is O=C(CCC(=O)NC1CCCCCC1)NCc1ccccc1-n1ccnc1. The summed E-state index contributed by atoms with van der Waals surface area (Å²) >= 11 is 0. The fraction of sp³-hybridized carbons (Fsp3) is 0.476. The van der Waals surface area contributed by atoms with Gasteiger partial charge in [-0.15, -0.1) is 0 Å². The van der Waals surface area contributed by atoms with Crippen molar-refractivity contribution < 1.29 is 9.59 Å². The van der Waals surface area contributed by atoms with Crippen LogP contribution in [0.5, 0.6) is 0 Å². The van der Waals surface area contributed by atoms with Crippen LogP contribution in [-0.2, 0) is 16.1 Å². The molecular weight excluding hydrogens is 340 g/mol. The number of aromatic nitrogens is 2. The van der Waals surface area contributed by atoms with E-state index < -0.39 is 0 Å². The summed E-state index contributed by atoms with van der Waals surface area (Å²) in [5.41, 5.74) is 1.99. The Hall–Kier alpha value is -2.63. The molecule has 0 saturated heterocycles. The van der Waals surface area contributed by atoms with Crippen molar-refractivity contribution in [3.63, 3.8) is 0 Å². The fourth-order valence-corrected chi connectivity index (χ4v) is 3.55. The summed E-state index contributed by atoms with van der Waals surface area (Å²) in [6.07, 6.45) is 12.8. The highest BCUT2D eigenvalue weighted by Crippen LogP contribution is 2.17. The van der Waals surface area contributed by atoms with Gasteiger partial charge in [-0.1, -0.05) is 43.9 Å². The van der Waals surface area contributed by atoms with Crippen molar-refractivity contribution in [2.75, 3.05) is 0 Å². The highest BCUT2D eigenvalue weighted by atomic mass is 16.2. The largest absolute Gasteiger partial charge is 0.353 e. The summed E-state index contributed by atoms with van der Waals surface area (Å²) in [5, 5.41) is 6.00. The van der Waals surface area contributed by atoms with E-state index in [1.807, 2.05) is 35.0 Å². The minimum Gasteiger partial charge on any atom is -0.353 e. The lowest BCUT2D eigenvalue weighted by Crippen LogP contribution is -2.35. The highest BCUT2D eigenvalue weighted by Gasteiger charge is 2.15. The number of carbonyl (C=O) groups excluding carboxylic acids is 2. The van der Waals surface area contributed by atoms with E-state index in [1.165, 1.54) is 25.7 Å². The zero-order chi connectivity index (χ0) is 18.9. The maximum atomic E-state index is 12.2. The maximum absolute atomic E-state index is 12.2. The van der Waals surface area contributed by atoms with E-state index in [4.69, 9.17) is 0 Å². The molecule has 0 unspecified atom stereocenters. The second-order valence-corrected chi connectivity index (χ2v) is 7.13. The van der Waals surface area contributed by atoms with Crippen LogP contribution in [0.15, 0.2) is 43.0 Å². The van der Waals surface area contributed by atoms with Gasteiger partial charge in [0.25, 0.3) is 0 Å². The summed E-state index contributed by atoms with van der Waals surface area (Å²) in [7, 11) is 0. The lowest BCUT2D eigenvalue weighted by atomic mass is 10.1. The van der Waals surface area contributed by atoms with Gasteiger partial charge in [-0.3, -0.25) is 9.59 Å². The van der Waals surface area contributed by atoms with Crippen LogP contribution in [0.1, 0.15) is 56.9 Å². The number of benzene rings is 1. The van der Waals surface area contributed by atoms with Crippen molar-refractivity contribution in [3.05, 3.63) is 48.5 Å². The molecule has 0 radical (unpaired) electrons. The molecule has 6 heteroatoms. The Morgan fingerprint density at radius 1 is 1.04 bits per heavy atom. The van der Waals surface area contributed by atoms with Gasteiger partial charge in [-0.25, -0.2) is 4.98 Å². The van der Waals surface area contributed by atoms with Crippen molar-refractivity contribution in [2.24, 2.45) is 0 Å². The Labute approximate surface area is 160 Å². The molecule has 1 aromatic carbocycles. The molecule has 3 rings (SSSR count). The maximum Gasteiger partial charge on any atom is 0.220 e. The lowest BCUT2D eigenvalue weighted by molar-refractivity contribution is -0.126. The molecule has 1 heterocycles. The number of rotatable bonds is 7. The monoisotopic (exact) mass is 368 g/mol. The van der Waals surface area contributed by atoms with Gasteiger partial charge in [0, 0.05) is 37.8 Å². The van der Waals surface area contributed by atoms with Crippen molar-refractivity contribution >= 4 is 11.8 Å². The molecule has 0 bridgehead atoms. The second-order valence-electron chi connectivity index (χ2n) is 7.13. The van der Waals surface area contributed by atoms with E-state index in [-0.39, 0.29) is 30.7 Å². The predicted molar refractivity (Wildman–Crippen MR) is 104 cm³/mol. The number of hydrogen-bond acceptors (Lipinski definition) is 3. The first kappa shape index (κ1) is 19.1. The van der Waals surface area contributed by atoms with Crippen LogP contribution in [0.25, 0.3) is 5.69 Å². The van der Waals surface area contributed by atoms with Crippen molar-refractivity contribution in [1.82, 2.24) is 20.2 Å². The number of imidazole rings is 1. The second kappa shape index (κ2) is 9.90. The molecule has 2 amide bonds. The number of hydrogen-bond donors (Lipinski definition) is 2. The molecular formula is C21H28N4O2. The molecule has 27 heavy (non-hydrogen) atoms. The summed E-state index contributed by atoms with van der Waals surface area (Å²) in [6.45, 7) is 0.428. The van der Waals surface area contributed by atoms with E-state index >= 15 is 0 Å². The minimum absolute atomic E-state index is 0.0177. The van der Waals surface area contributed by atoms with Crippen LogP contribution < -0.4 is 10.6 Å². The van der Waals surface area contributed by atoms with Crippen LogP contribution in [0.4, 0.5) is 0 Å². The number of nitrogens with one attached hydrogen (secondary N) is 2. The number of amides is 2. The number of para-hydroxylation sites is 1. The Morgan fingerprint density at radius 2 is 1.78 bits per heavy atom. The Balaban J connectivity index is 1.43. The summed E-state index contributed by atoms with van der Waals surface area (Å²) in [5.74, 6) is -0.123. The molecule has 1 aliphatic carbocycles. The van der Waals surface area contributed by atoms with Crippen LogP contribution in [0.2, 0.25) is 0 Å². The molecule has 2 aromatic rings. The van der Waals surface area contributed by atoms with Crippen LogP contribution >= 0.6 is 0 Å². The van der Waals surface area contributed by atoms with Crippen molar-refractivity contribution in [3.8, 4) is 5.69 Å². The zero-order valence-corrected chi connectivity index (χ0v) is 15.7. The molecule has 1 aliphatic rings. The average molecular weight is 368 g/mol. The smallest absolute Gasteiger partial charge is 0.220 e. The standard InChI is InChI=1S/C21H28N4O2/c26-20(11-12-21(27)24-18-8-3-1-2-4-9-18)23-15-17-7-5-6-10-19(17)25-14-13-22-16-25/h5-7,10,13-14,16,18H,1-4,8-9,11-12,15H2,(H,23,26)(H,24,27). The molecule has 1 aromatic heterocycles. The van der Waals surface area contributed by atoms with Gasteiger partial charge in [-0.05, 0) is 24.5 Å². The Morgan fingerprint density at radius 3 is 2.52 bits per heavy atom. The molecule has 2 N–H and O–H groups in total. The normalized spacial score (nSPS) is 15.1.